The highest BCUT2D eigenvalue weighted by molar-refractivity contribution is 5.78. The Bertz CT molecular complexity index is 553. The van der Waals surface area contributed by atoms with Gasteiger partial charge in [0.1, 0.15) is 0 Å². The van der Waals surface area contributed by atoms with Gasteiger partial charge in [-0.2, -0.15) is 0 Å². The molecule has 0 N–H and O–H groups in total. The summed E-state index contributed by atoms with van der Waals surface area (Å²) in [5, 5.41) is 10.7. The molecule has 0 radical (unpaired) electrons. The molecule has 7 nitrogen and oxygen atoms in total. The molecule has 1 saturated heterocycles. The van der Waals surface area contributed by atoms with E-state index in [0.29, 0.717) is 11.7 Å². The van der Waals surface area contributed by atoms with E-state index in [2.05, 4.69) is 6.92 Å². The van der Waals surface area contributed by atoms with E-state index in [1.807, 2.05) is 0 Å². The smallest absolute Gasteiger partial charge is 0.273 e. The number of benzene rings is 1. The van der Waals surface area contributed by atoms with Crippen LogP contribution < -0.4 is 9.47 Å². The first-order valence-corrected chi connectivity index (χ1v) is 7.24. The molecule has 0 unspecified atom stereocenters. The second-order valence-corrected chi connectivity index (χ2v) is 5.44. The molecule has 0 atom stereocenters. The van der Waals surface area contributed by atoms with Crippen LogP contribution in [0.25, 0.3) is 0 Å². The highest BCUT2D eigenvalue weighted by Crippen LogP contribution is 2.31. The highest BCUT2D eigenvalue weighted by atomic mass is 16.6. The lowest BCUT2D eigenvalue weighted by Crippen LogP contribution is -2.40. The fourth-order valence-electron chi connectivity index (χ4n) is 2.38. The molecule has 22 heavy (non-hydrogen) atoms. The summed E-state index contributed by atoms with van der Waals surface area (Å²) in [7, 11) is 1.40. The van der Waals surface area contributed by atoms with Gasteiger partial charge in [0.05, 0.1) is 18.1 Å². The van der Waals surface area contributed by atoms with Crippen LogP contribution in [-0.2, 0) is 4.79 Å². The van der Waals surface area contributed by atoms with Crippen LogP contribution in [0.4, 0.5) is 5.69 Å². The van der Waals surface area contributed by atoms with E-state index < -0.39 is 4.92 Å². The van der Waals surface area contributed by atoms with Crippen LogP contribution in [0.15, 0.2) is 18.2 Å². The SMILES string of the molecule is COc1cc([N+](=O)[O-])ccc1OCC(=O)N1CCC(C)CC1. The molecule has 0 saturated carbocycles. The predicted molar refractivity (Wildman–Crippen MR) is 80.1 cm³/mol. The van der Waals surface area contributed by atoms with E-state index >= 15 is 0 Å². The van der Waals surface area contributed by atoms with Crippen LogP contribution in [0, 0.1) is 16.0 Å². The van der Waals surface area contributed by atoms with Crippen molar-refractivity contribution in [2.24, 2.45) is 5.92 Å². The third-order valence-electron chi connectivity index (χ3n) is 3.85. The van der Waals surface area contributed by atoms with E-state index in [4.69, 9.17) is 9.47 Å². The van der Waals surface area contributed by atoms with Gasteiger partial charge in [0.2, 0.25) is 0 Å². The molecule has 120 valence electrons. The monoisotopic (exact) mass is 308 g/mol. The Morgan fingerprint density at radius 1 is 1.36 bits per heavy atom. The lowest BCUT2D eigenvalue weighted by molar-refractivity contribution is -0.384. The van der Waals surface area contributed by atoms with Crippen molar-refractivity contribution < 1.29 is 19.2 Å². The Morgan fingerprint density at radius 2 is 2.05 bits per heavy atom. The fraction of sp³-hybridized carbons (Fsp3) is 0.533. The van der Waals surface area contributed by atoms with Gasteiger partial charge < -0.3 is 14.4 Å². The van der Waals surface area contributed by atoms with Gasteiger partial charge in [-0.3, -0.25) is 14.9 Å². The van der Waals surface area contributed by atoms with Crippen LogP contribution in [0.5, 0.6) is 11.5 Å². The zero-order valence-electron chi connectivity index (χ0n) is 12.8. The van der Waals surface area contributed by atoms with Crippen molar-refractivity contribution in [2.75, 3.05) is 26.8 Å². The number of likely N-dealkylation sites (tertiary alicyclic amines) is 1. The Morgan fingerprint density at radius 3 is 2.64 bits per heavy atom. The van der Waals surface area contributed by atoms with Gasteiger partial charge in [-0.25, -0.2) is 0 Å². The van der Waals surface area contributed by atoms with Gasteiger partial charge in [-0.15, -0.1) is 0 Å². The number of non-ortho nitro benzene ring substituents is 1. The summed E-state index contributed by atoms with van der Waals surface area (Å²) in [5.74, 6) is 1.15. The van der Waals surface area contributed by atoms with Gasteiger partial charge in [-0.1, -0.05) is 6.92 Å². The molecule has 0 aromatic heterocycles. The average Bonchev–Trinajstić information content (AvgIpc) is 2.52. The molecular weight excluding hydrogens is 288 g/mol. The Hall–Kier alpha value is -2.31. The summed E-state index contributed by atoms with van der Waals surface area (Å²) in [5.41, 5.74) is -0.0828. The van der Waals surface area contributed by atoms with Crippen molar-refractivity contribution in [2.45, 2.75) is 19.8 Å². The minimum Gasteiger partial charge on any atom is -0.493 e. The minimum atomic E-state index is -0.508. The third-order valence-corrected chi connectivity index (χ3v) is 3.85. The maximum atomic E-state index is 12.1. The predicted octanol–water partition coefficient (Wildman–Crippen LogP) is 2.24. The van der Waals surface area contributed by atoms with E-state index in [-0.39, 0.29) is 24.0 Å². The van der Waals surface area contributed by atoms with Crippen LogP contribution in [-0.4, -0.2) is 42.5 Å². The van der Waals surface area contributed by atoms with Crippen molar-refractivity contribution in [1.82, 2.24) is 4.90 Å². The lowest BCUT2D eigenvalue weighted by Gasteiger charge is -2.30. The second-order valence-electron chi connectivity index (χ2n) is 5.44. The molecule has 1 amide bonds. The normalized spacial score (nSPS) is 15.5. The molecule has 0 aliphatic carbocycles. The van der Waals surface area contributed by atoms with Gasteiger partial charge in [0, 0.05) is 19.2 Å². The Kier molecular flexibility index (Phi) is 5.19. The van der Waals surface area contributed by atoms with Crippen molar-refractivity contribution in [3.05, 3.63) is 28.3 Å². The standard InChI is InChI=1S/C15H20N2O5/c1-11-5-7-16(8-6-11)15(18)10-22-13-4-3-12(17(19)20)9-14(13)21-2/h3-4,9,11H,5-8,10H2,1-2H3. The molecule has 1 heterocycles. The number of carbonyl (C=O) groups excluding carboxylic acids is 1. The molecule has 1 aliphatic heterocycles. The number of methoxy groups -OCH3 is 1. The molecule has 1 aliphatic rings. The third kappa shape index (κ3) is 3.87. The van der Waals surface area contributed by atoms with E-state index in [1.165, 1.54) is 25.3 Å². The summed E-state index contributed by atoms with van der Waals surface area (Å²) >= 11 is 0. The molecule has 1 fully saturated rings. The fourth-order valence-corrected chi connectivity index (χ4v) is 2.38. The molecular formula is C15H20N2O5. The first kappa shape index (κ1) is 16.1. The van der Waals surface area contributed by atoms with Crippen molar-refractivity contribution in [3.8, 4) is 11.5 Å². The average molecular weight is 308 g/mol. The quantitative estimate of drug-likeness (QED) is 0.615. The highest BCUT2D eigenvalue weighted by Gasteiger charge is 2.21. The topological polar surface area (TPSA) is 81.9 Å². The Balaban J connectivity index is 1.96. The van der Waals surface area contributed by atoms with Crippen molar-refractivity contribution >= 4 is 11.6 Å². The zero-order chi connectivity index (χ0) is 16.1. The van der Waals surface area contributed by atoms with Crippen LogP contribution in [0.2, 0.25) is 0 Å². The number of nitro benzene ring substituents is 1. The number of hydrogen-bond acceptors (Lipinski definition) is 5. The molecule has 1 aromatic rings. The first-order chi connectivity index (χ1) is 10.5. The lowest BCUT2D eigenvalue weighted by atomic mass is 9.99. The number of nitro groups is 1. The maximum absolute atomic E-state index is 12.1. The summed E-state index contributed by atoms with van der Waals surface area (Å²) in [6.45, 7) is 3.59. The van der Waals surface area contributed by atoms with Gasteiger partial charge in [0.15, 0.2) is 18.1 Å². The summed E-state index contributed by atoms with van der Waals surface area (Å²) < 4.78 is 10.5. The Labute approximate surface area is 129 Å². The maximum Gasteiger partial charge on any atom is 0.273 e. The van der Waals surface area contributed by atoms with Crippen LogP contribution in [0.1, 0.15) is 19.8 Å². The van der Waals surface area contributed by atoms with E-state index in [9.17, 15) is 14.9 Å². The van der Waals surface area contributed by atoms with Gasteiger partial charge in [-0.05, 0) is 24.8 Å². The van der Waals surface area contributed by atoms with E-state index in [1.54, 1.807) is 4.90 Å². The molecule has 0 spiro atoms. The van der Waals surface area contributed by atoms with Crippen LogP contribution in [0.3, 0.4) is 0 Å². The van der Waals surface area contributed by atoms with Crippen molar-refractivity contribution in [3.63, 3.8) is 0 Å². The van der Waals surface area contributed by atoms with Gasteiger partial charge in [0.25, 0.3) is 11.6 Å². The zero-order valence-corrected chi connectivity index (χ0v) is 12.8. The summed E-state index contributed by atoms with van der Waals surface area (Å²) in [6, 6.07) is 4.05. The second kappa shape index (κ2) is 7.11. The number of hydrogen-bond donors (Lipinski definition) is 0. The number of ether oxygens (including phenoxy) is 2. The van der Waals surface area contributed by atoms with E-state index in [0.717, 1.165) is 25.9 Å². The molecule has 0 bridgehead atoms. The summed E-state index contributed by atoms with van der Waals surface area (Å²) in [4.78, 5) is 24.1. The van der Waals surface area contributed by atoms with Crippen LogP contribution >= 0.6 is 0 Å². The first-order valence-electron chi connectivity index (χ1n) is 7.24. The molecule has 1 aromatic carbocycles. The number of amides is 1. The minimum absolute atomic E-state index is 0.0766. The summed E-state index contributed by atoms with van der Waals surface area (Å²) in [6.07, 6.45) is 2.01. The largest absolute Gasteiger partial charge is 0.493 e. The van der Waals surface area contributed by atoms with Gasteiger partial charge >= 0.3 is 0 Å². The number of carbonyl (C=O) groups is 1. The molecule has 2 rings (SSSR count). The number of nitrogens with zero attached hydrogens (tertiary/aromatic N) is 2. The number of rotatable bonds is 5. The van der Waals surface area contributed by atoms with Crippen molar-refractivity contribution in [1.29, 1.82) is 0 Å². The molecule has 7 heteroatoms. The number of piperidine rings is 1.